The molecule has 126 valence electrons. The molecule has 0 atom stereocenters. The third-order valence-corrected chi connectivity index (χ3v) is 2.53. The minimum absolute atomic E-state index is 0.235. The molecule has 0 aromatic carbocycles. The lowest BCUT2D eigenvalue weighted by atomic mass is 10.4. The van der Waals surface area contributed by atoms with E-state index in [1.54, 1.807) is 0 Å². The lowest BCUT2D eigenvalue weighted by Gasteiger charge is -2.09. The summed E-state index contributed by atoms with van der Waals surface area (Å²) in [6.07, 6.45) is 2.24. The molecule has 6 nitrogen and oxygen atoms in total. The molecular weight excluding hydrogens is 274 g/mol. The largest absolute Gasteiger partial charge is 0.462 e. The molecule has 0 rings (SSSR count). The van der Waals surface area contributed by atoms with E-state index in [0.717, 1.165) is 19.4 Å². The average Bonchev–Trinajstić information content (AvgIpc) is 2.46. The van der Waals surface area contributed by atoms with E-state index in [-0.39, 0.29) is 25.2 Å². The minimum Gasteiger partial charge on any atom is -0.462 e. The van der Waals surface area contributed by atoms with Gasteiger partial charge in [-0.05, 0) is 6.42 Å². The van der Waals surface area contributed by atoms with Crippen LogP contribution in [-0.4, -0.2) is 64.8 Å². The van der Waals surface area contributed by atoms with E-state index in [1.165, 1.54) is 0 Å². The van der Waals surface area contributed by atoms with Gasteiger partial charge in [-0.25, -0.2) is 0 Å². The molecule has 0 aliphatic rings. The molecule has 0 spiro atoms. The number of rotatable bonds is 15. The van der Waals surface area contributed by atoms with Crippen molar-refractivity contribution in [3.63, 3.8) is 0 Å². The smallest absolute Gasteiger partial charge is 0.320 e. The molecular formula is C15H31NO5. The Morgan fingerprint density at radius 3 is 1.95 bits per heavy atom. The van der Waals surface area contributed by atoms with E-state index in [0.29, 0.717) is 33.0 Å². The SMILES string of the molecule is CCCCOCCOCCOCCOC(=O)CNC(C)C. The molecule has 0 aromatic heterocycles. The predicted molar refractivity (Wildman–Crippen MR) is 81.5 cm³/mol. The number of hydrogen-bond acceptors (Lipinski definition) is 6. The van der Waals surface area contributed by atoms with Crippen molar-refractivity contribution < 1.29 is 23.7 Å². The van der Waals surface area contributed by atoms with Crippen molar-refractivity contribution in [2.75, 3.05) is 52.8 Å². The highest BCUT2D eigenvalue weighted by molar-refractivity contribution is 5.71. The Morgan fingerprint density at radius 1 is 0.905 bits per heavy atom. The summed E-state index contributed by atoms with van der Waals surface area (Å²) in [5, 5.41) is 2.99. The monoisotopic (exact) mass is 305 g/mol. The summed E-state index contributed by atoms with van der Waals surface area (Å²) in [7, 11) is 0. The Bertz CT molecular complexity index is 236. The zero-order valence-corrected chi connectivity index (χ0v) is 13.7. The van der Waals surface area contributed by atoms with Crippen LogP contribution in [0.25, 0.3) is 0 Å². The lowest BCUT2D eigenvalue weighted by Crippen LogP contribution is -2.30. The summed E-state index contributed by atoms with van der Waals surface area (Å²) >= 11 is 0. The molecule has 0 aliphatic heterocycles. The first-order chi connectivity index (χ1) is 10.2. The molecule has 0 unspecified atom stereocenters. The Kier molecular flexibility index (Phi) is 15.2. The number of ether oxygens (including phenoxy) is 4. The van der Waals surface area contributed by atoms with Crippen LogP contribution in [0.15, 0.2) is 0 Å². The van der Waals surface area contributed by atoms with Gasteiger partial charge in [0.2, 0.25) is 0 Å². The van der Waals surface area contributed by atoms with Gasteiger partial charge in [0.05, 0.1) is 39.6 Å². The first kappa shape index (κ1) is 20.3. The minimum atomic E-state index is -0.257. The number of carbonyl (C=O) groups is 1. The van der Waals surface area contributed by atoms with Gasteiger partial charge in [-0.1, -0.05) is 27.2 Å². The zero-order valence-electron chi connectivity index (χ0n) is 13.7. The van der Waals surface area contributed by atoms with Crippen LogP contribution in [0.2, 0.25) is 0 Å². The molecule has 0 aliphatic carbocycles. The first-order valence-corrected chi connectivity index (χ1v) is 7.79. The van der Waals surface area contributed by atoms with Crippen LogP contribution in [-0.2, 0) is 23.7 Å². The number of carbonyl (C=O) groups excluding carboxylic acids is 1. The predicted octanol–water partition coefficient (Wildman–Crippen LogP) is 1.38. The quantitative estimate of drug-likeness (QED) is 0.364. The summed E-state index contributed by atoms with van der Waals surface area (Å²) in [4.78, 5) is 11.3. The lowest BCUT2D eigenvalue weighted by molar-refractivity contribution is -0.144. The van der Waals surface area contributed by atoms with Crippen molar-refractivity contribution in [2.24, 2.45) is 0 Å². The molecule has 0 radical (unpaired) electrons. The Morgan fingerprint density at radius 2 is 1.43 bits per heavy atom. The summed E-state index contributed by atoms with van der Waals surface area (Å²) in [5.74, 6) is -0.257. The molecule has 0 bridgehead atoms. The standard InChI is InChI=1S/C15H31NO5/c1-4-5-6-18-7-8-19-9-10-20-11-12-21-15(17)13-16-14(2)3/h14,16H,4-13H2,1-3H3. The second-order valence-electron chi connectivity index (χ2n) is 4.95. The third-order valence-electron chi connectivity index (χ3n) is 2.53. The highest BCUT2D eigenvalue weighted by atomic mass is 16.6. The average molecular weight is 305 g/mol. The van der Waals surface area contributed by atoms with Gasteiger partial charge in [0.25, 0.3) is 0 Å². The number of esters is 1. The van der Waals surface area contributed by atoms with E-state index in [9.17, 15) is 4.79 Å². The summed E-state index contributed by atoms with van der Waals surface area (Å²) in [5.41, 5.74) is 0. The molecule has 21 heavy (non-hydrogen) atoms. The second kappa shape index (κ2) is 15.7. The molecule has 0 fully saturated rings. The molecule has 0 heterocycles. The van der Waals surface area contributed by atoms with Crippen molar-refractivity contribution in [1.82, 2.24) is 5.32 Å². The molecule has 0 amide bonds. The van der Waals surface area contributed by atoms with Gasteiger partial charge in [-0.3, -0.25) is 4.79 Å². The summed E-state index contributed by atoms with van der Waals surface area (Å²) in [6.45, 7) is 10.0. The molecule has 0 saturated heterocycles. The Labute approximate surface area is 128 Å². The van der Waals surface area contributed by atoms with Gasteiger partial charge < -0.3 is 24.3 Å². The fraction of sp³-hybridized carbons (Fsp3) is 0.933. The van der Waals surface area contributed by atoms with Crippen molar-refractivity contribution in [3.8, 4) is 0 Å². The zero-order chi connectivity index (χ0) is 15.8. The van der Waals surface area contributed by atoms with Gasteiger partial charge in [0, 0.05) is 12.6 Å². The molecule has 0 saturated carbocycles. The number of unbranched alkanes of at least 4 members (excludes halogenated alkanes) is 1. The molecule has 0 aromatic rings. The van der Waals surface area contributed by atoms with Crippen LogP contribution in [0.1, 0.15) is 33.6 Å². The highest BCUT2D eigenvalue weighted by Gasteiger charge is 2.02. The van der Waals surface area contributed by atoms with Gasteiger partial charge >= 0.3 is 5.97 Å². The normalized spacial score (nSPS) is 11.0. The number of hydrogen-bond donors (Lipinski definition) is 1. The van der Waals surface area contributed by atoms with Gasteiger partial charge in [-0.2, -0.15) is 0 Å². The van der Waals surface area contributed by atoms with Crippen LogP contribution in [0.5, 0.6) is 0 Å². The maximum absolute atomic E-state index is 11.3. The maximum Gasteiger partial charge on any atom is 0.320 e. The van der Waals surface area contributed by atoms with Crippen molar-refractivity contribution in [1.29, 1.82) is 0 Å². The van der Waals surface area contributed by atoms with Gasteiger partial charge in [0.1, 0.15) is 6.61 Å². The van der Waals surface area contributed by atoms with Crippen molar-refractivity contribution >= 4 is 5.97 Å². The van der Waals surface area contributed by atoms with Crippen LogP contribution in [0.4, 0.5) is 0 Å². The van der Waals surface area contributed by atoms with E-state index in [2.05, 4.69) is 12.2 Å². The Balaban J connectivity index is 3.10. The topological polar surface area (TPSA) is 66.0 Å². The highest BCUT2D eigenvalue weighted by Crippen LogP contribution is 1.88. The van der Waals surface area contributed by atoms with Crippen LogP contribution in [0.3, 0.4) is 0 Å². The third kappa shape index (κ3) is 17.3. The Hall–Kier alpha value is -0.690. The summed E-state index contributed by atoms with van der Waals surface area (Å²) in [6, 6.07) is 0.275. The van der Waals surface area contributed by atoms with E-state index < -0.39 is 0 Å². The van der Waals surface area contributed by atoms with Crippen LogP contribution < -0.4 is 5.32 Å². The first-order valence-electron chi connectivity index (χ1n) is 7.79. The molecule has 6 heteroatoms. The van der Waals surface area contributed by atoms with Crippen LogP contribution in [0, 0.1) is 0 Å². The van der Waals surface area contributed by atoms with Crippen molar-refractivity contribution in [3.05, 3.63) is 0 Å². The van der Waals surface area contributed by atoms with E-state index in [4.69, 9.17) is 18.9 Å². The van der Waals surface area contributed by atoms with Gasteiger partial charge in [-0.15, -0.1) is 0 Å². The van der Waals surface area contributed by atoms with Crippen LogP contribution >= 0.6 is 0 Å². The van der Waals surface area contributed by atoms with Gasteiger partial charge in [0.15, 0.2) is 0 Å². The fourth-order valence-corrected chi connectivity index (χ4v) is 1.34. The maximum atomic E-state index is 11.3. The second-order valence-corrected chi connectivity index (χ2v) is 4.95. The van der Waals surface area contributed by atoms with Crippen molar-refractivity contribution in [2.45, 2.75) is 39.7 Å². The summed E-state index contributed by atoms with van der Waals surface area (Å²) < 4.78 is 21.0. The van der Waals surface area contributed by atoms with E-state index in [1.807, 2.05) is 13.8 Å². The van der Waals surface area contributed by atoms with E-state index >= 15 is 0 Å². The fourth-order valence-electron chi connectivity index (χ4n) is 1.34. The molecule has 1 N–H and O–H groups in total. The number of nitrogens with one attached hydrogen (secondary N) is 1.